The van der Waals surface area contributed by atoms with Crippen LogP contribution in [0.2, 0.25) is 0 Å². The van der Waals surface area contributed by atoms with E-state index in [1.165, 1.54) is 0 Å². The van der Waals surface area contributed by atoms with Gasteiger partial charge in [0.1, 0.15) is 6.17 Å². The number of piperazine rings is 1. The fraction of sp³-hybridized carbons (Fsp3) is 1.00. The van der Waals surface area contributed by atoms with E-state index in [0.717, 1.165) is 45.8 Å². The van der Waals surface area contributed by atoms with Crippen LogP contribution in [0, 0.1) is 5.92 Å². The van der Waals surface area contributed by atoms with Gasteiger partial charge in [-0.05, 0) is 20.0 Å². The molecular weight excluding hydrogens is 193 g/mol. The summed E-state index contributed by atoms with van der Waals surface area (Å²) in [5, 5.41) is 3.29. The molecule has 0 aromatic carbocycles. The first-order valence-electron chi connectivity index (χ1n) is 6.01. The number of likely N-dealkylation sites (N-methyl/N-ethyl adjacent to an activating group) is 1. The highest BCUT2D eigenvalue weighted by atomic mass is 19.1. The maximum Gasteiger partial charge on any atom is 0.107 e. The summed E-state index contributed by atoms with van der Waals surface area (Å²) < 4.78 is 13.6. The molecule has 1 N–H and O–H groups in total. The fourth-order valence-corrected chi connectivity index (χ4v) is 2.43. The van der Waals surface area contributed by atoms with Crippen LogP contribution in [0.15, 0.2) is 0 Å². The molecular formula is C11H22FN3. The molecule has 0 aromatic rings. The van der Waals surface area contributed by atoms with E-state index in [2.05, 4.69) is 22.2 Å². The Kier molecular flexibility index (Phi) is 3.94. The first-order chi connectivity index (χ1) is 7.25. The number of alkyl halides is 1. The second-order valence-electron chi connectivity index (χ2n) is 4.87. The van der Waals surface area contributed by atoms with Gasteiger partial charge < -0.3 is 15.1 Å². The second kappa shape index (κ2) is 5.23. The van der Waals surface area contributed by atoms with Crippen molar-refractivity contribution < 1.29 is 4.39 Å². The van der Waals surface area contributed by atoms with E-state index in [1.807, 2.05) is 0 Å². The predicted molar refractivity (Wildman–Crippen MR) is 59.8 cm³/mol. The van der Waals surface area contributed by atoms with E-state index in [0.29, 0.717) is 6.42 Å². The van der Waals surface area contributed by atoms with Crippen molar-refractivity contribution in [3.05, 3.63) is 0 Å². The summed E-state index contributed by atoms with van der Waals surface area (Å²) >= 11 is 0. The normalized spacial score (nSPS) is 35.6. The zero-order valence-electron chi connectivity index (χ0n) is 9.58. The molecule has 2 fully saturated rings. The summed E-state index contributed by atoms with van der Waals surface area (Å²) in [6.45, 7) is 7.07. The van der Waals surface area contributed by atoms with Crippen LogP contribution in [0.25, 0.3) is 0 Å². The Morgan fingerprint density at radius 2 is 2.00 bits per heavy atom. The summed E-state index contributed by atoms with van der Waals surface area (Å²) in [5.41, 5.74) is 0. The van der Waals surface area contributed by atoms with Gasteiger partial charge in [0.05, 0.1) is 0 Å². The van der Waals surface area contributed by atoms with E-state index in [9.17, 15) is 4.39 Å². The van der Waals surface area contributed by atoms with Gasteiger partial charge in [-0.15, -0.1) is 0 Å². The number of rotatable bonds is 2. The Bertz CT molecular complexity index is 192. The van der Waals surface area contributed by atoms with Crippen molar-refractivity contribution in [2.45, 2.75) is 12.6 Å². The number of hydrogen-bond acceptors (Lipinski definition) is 3. The van der Waals surface area contributed by atoms with E-state index in [1.54, 1.807) is 0 Å². The average Bonchev–Trinajstić information content (AvgIpc) is 2.25. The second-order valence-corrected chi connectivity index (χ2v) is 4.87. The quantitative estimate of drug-likeness (QED) is 0.709. The Morgan fingerprint density at radius 1 is 1.27 bits per heavy atom. The Labute approximate surface area is 91.6 Å². The van der Waals surface area contributed by atoms with Crippen LogP contribution in [-0.4, -0.2) is 68.8 Å². The van der Waals surface area contributed by atoms with E-state index < -0.39 is 6.17 Å². The molecule has 88 valence electrons. The molecule has 2 aliphatic heterocycles. The molecule has 2 unspecified atom stereocenters. The van der Waals surface area contributed by atoms with E-state index >= 15 is 0 Å². The third-order valence-corrected chi connectivity index (χ3v) is 3.60. The number of piperidine rings is 1. The molecule has 15 heavy (non-hydrogen) atoms. The molecule has 0 amide bonds. The SMILES string of the molecule is CN1CCN(CC2CNCCC2F)CC1. The van der Waals surface area contributed by atoms with E-state index in [-0.39, 0.29) is 5.92 Å². The van der Waals surface area contributed by atoms with Gasteiger partial charge in [0, 0.05) is 45.2 Å². The minimum Gasteiger partial charge on any atom is -0.316 e. The maximum atomic E-state index is 13.6. The fourth-order valence-electron chi connectivity index (χ4n) is 2.43. The number of halogens is 1. The molecule has 0 aromatic heterocycles. The Morgan fingerprint density at radius 3 is 2.67 bits per heavy atom. The largest absolute Gasteiger partial charge is 0.316 e. The molecule has 0 bridgehead atoms. The van der Waals surface area contributed by atoms with Gasteiger partial charge >= 0.3 is 0 Å². The predicted octanol–water partition coefficient (Wildman–Crippen LogP) is 0.181. The summed E-state index contributed by atoms with van der Waals surface area (Å²) in [7, 11) is 2.15. The van der Waals surface area contributed by atoms with Crippen LogP contribution in [0.5, 0.6) is 0 Å². The van der Waals surface area contributed by atoms with Crippen LogP contribution in [0.4, 0.5) is 4.39 Å². The van der Waals surface area contributed by atoms with Crippen molar-refractivity contribution in [1.29, 1.82) is 0 Å². The number of hydrogen-bond donors (Lipinski definition) is 1. The standard InChI is InChI=1S/C11H22FN3/c1-14-4-6-15(7-5-14)9-10-8-13-3-2-11(10)12/h10-11,13H,2-9H2,1H3. The summed E-state index contributed by atoms with van der Waals surface area (Å²) in [4.78, 5) is 4.74. The van der Waals surface area contributed by atoms with Gasteiger partial charge in [0.25, 0.3) is 0 Å². The summed E-state index contributed by atoms with van der Waals surface area (Å²) in [6, 6.07) is 0. The Balaban J connectivity index is 1.75. The molecule has 2 atom stereocenters. The lowest BCUT2D eigenvalue weighted by atomic mass is 9.96. The zero-order valence-corrected chi connectivity index (χ0v) is 9.58. The van der Waals surface area contributed by atoms with Crippen LogP contribution in [0.3, 0.4) is 0 Å². The molecule has 2 aliphatic rings. The lowest BCUT2D eigenvalue weighted by Gasteiger charge is -2.36. The third-order valence-electron chi connectivity index (χ3n) is 3.60. The molecule has 2 heterocycles. The van der Waals surface area contributed by atoms with Crippen LogP contribution in [-0.2, 0) is 0 Å². The molecule has 3 nitrogen and oxygen atoms in total. The third kappa shape index (κ3) is 3.13. The van der Waals surface area contributed by atoms with Crippen molar-refractivity contribution >= 4 is 0 Å². The first-order valence-corrected chi connectivity index (χ1v) is 6.01. The molecule has 2 saturated heterocycles. The minimum atomic E-state index is -0.592. The molecule has 0 aliphatic carbocycles. The summed E-state index contributed by atoms with van der Waals surface area (Å²) in [5.74, 6) is 0.210. The van der Waals surface area contributed by atoms with Crippen molar-refractivity contribution in [2.75, 3.05) is 52.9 Å². The molecule has 0 radical (unpaired) electrons. The zero-order chi connectivity index (χ0) is 10.7. The van der Waals surface area contributed by atoms with Crippen molar-refractivity contribution in [2.24, 2.45) is 5.92 Å². The van der Waals surface area contributed by atoms with Gasteiger partial charge in [-0.1, -0.05) is 0 Å². The van der Waals surface area contributed by atoms with Gasteiger partial charge in [0.15, 0.2) is 0 Å². The Hall–Kier alpha value is -0.190. The topological polar surface area (TPSA) is 18.5 Å². The lowest BCUT2D eigenvalue weighted by Crippen LogP contribution is -2.50. The molecule has 2 rings (SSSR count). The van der Waals surface area contributed by atoms with Crippen LogP contribution in [0.1, 0.15) is 6.42 Å². The number of nitrogens with zero attached hydrogens (tertiary/aromatic N) is 2. The maximum absolute atomic E-state index is 13.6. The van der Waals surface area contributed by atoms with Crippen molar-refractivity contribution in [1.82, 2.24) is 15.1 Å². The summed E-state index contributed by atoms with van der Waals surface area (Å²) in [6.07, 6.45) is 0.101. The highest BCUT2D eigenvalue weighted by Gasteiger charge is 2.27. The average molecular weight is 215 g/mol. The van der Waals surface area contributed by atoms with Gasteiger partial charge in [-0.25, -0.2) is 4.39 Å². The first kappa shape index (κ1) is 11.3. The highest BCUT2D eigenvalue weighted by molar-refractivity contribution is 4.82. The molecule has 0 saturated carbocycles. The highest BCUT2D eigenvalue weighted by Crippen LogP contribution is 2.17. The number of nitrogens with one attached hydrogen (secondary N) is 1. The van der Waals surface area contributed by atoms with Crippen molar-refractivity contribution in [3.63, 3.8) is 0 Å². The molecule has 4 heteroatoms. The minimum absolute atomic E-state index is 0.210. The van der Waals surface area contributed by atoms with Crippen LogP contribution >= 0.6 is 0 Å². The van der Waals surface area contributed by atoms with Gasteiger partial charge in [0.2, 0.25) is 0 Å². The molecule has 0 spiro atoms. The van der Waals surface area contributed by atoms with Gasteiger partial charge in [-0.2, -0.15) is 0 Å². The van der Waals surface area contributed by atoms with E-state index in [4.69, 9.17) is 0 Å². The lowest BCUT2D eigenvalue weighted by molar-refractivity contribution is 0.0921. The smallest absolute Gasteiger partial charge is 0.107 e. The van der Waals surface area contributed by atoms with Crippen LogP contribution < -0.4 is 5.32 Å². The van der Waals surface area contributed by atoms with Gasteiger partial charge in [-0.3, -0.25) is 0 Å². The monoisotopic (exact) mass is 215 g/mol. The van der Waals surface area contributed by atoms with Crippen molar-refractivity contribution in [3.8, 4) is 0 Å².